The van der Waals surface area contributed by atoms with Gasteiger partial charge in [0.1, 0.15) is 0 Å². The average molecular weight is 396 g/mol. The third-order valence-electron chi connectivity index (χ3n) is 4.80. The molecule has 1 aliphatic rings. The molecule has 0 saturated carbocycles. The molecule has 1 unspecified atom stereocenters. The molecule has 1 saturated heterocycles. The van der Waals surface area contributed by atoms with E-state index in [0.717, 1.165) is 48.3 Å². The number of para-hydroxylation sites is 1. The Morgan fingerprint density at radius 2 is 1.88 bits per heavy atom. The molecule has 4 rings (SSSR count). The first-order valence-electron chi connectivity index (χ1n) is 8.87. The average Bonchev–Trinajstić information content (AvgIpc) is 2.91. The number of rotatable bonds is 3. The van der Waals surface area contributed by atoms with Gasteiger partial charge in [-0.2, -0.15) is 0 Å². The van der Waals surface area contributed by atoms with Gasteiger partial charge in [-0.15, -0.1) is 0 Å². The molecule has 0 aliphatic carbocycles. The molecular weight excluding hydrogens is 374 g/mol. The van der Waals surface area contributed by atoms with Gasteiger partial charge in [-0.1, -0.05) is 52.3 Å². The Balaban J connectivity index is 1.80. The monoisotopic (exact) mass is 395 g/mol. The van der Waals surface area contributed by atoms with Crippen LogP contribution in [0, 0.1) is 0 Å². The molecule has 1 fully saturated rings. The van der Waals surface area contributed by atoms with Crippen molar-refractivity contribution in [3.63, 3.8) is 0 Å². The second kappa shape index (κ2) is 7.65. The summed E-state index contributed by atoms with van der Waals surface area (Å²) in [6, 6.07) is 21.5. The van der Waals surface area contributed by atoms with Crippen LogP contribution in [-0.2, 0) is 0 Å². The smallest absolute Gasteiger partial charge is 0.0777 e. The number of nitrogens with one attached hydrogen (secondary N) is 1. The number of halogens is 1. The maximum Gasteiger partial charge on any atom is 0.0777 e. The Kier molecular flexibility index (Phi) is 5.11. The van der Waals surface area contributed by atoms with E-state index in [1.807, 2.05) is 0 Å². The summed E-state index contributed by atoms with van der Waals surface area (Å²) in [7, 11) is 0. The van der Waals surface area contributed by atoms with Gasteiger partial charge in [0, 0.05) is 29.5 Å². The number of pyridine rings is 1. The van der Waals surface area contributed by atoms with Crippen LogP contribution < -0.4 is 5.32 Å². The lowest BCUT2D eigenvalue weighted by atomic mass is 10.00. The lowest BCUT2D eigenvalue weighted by Crippen LogP contribution is -2.33. The van der Waals surface area contributed by atoms with E-state index in [-0.39, 0.29) is 6.04 Å². The molecule has 0 spiro atoms. The molecule has 128 valence electrons. The minimum absolute atomic E-state index is 0.182. The maximum absolute atomic E-state index is 5.01. The van der Waals surface area contributed by atoms with Gasteiger partial charge < -0.3 is 5.32 Å². The van der Waals surface area contributed by atoms with Crippen LogP contribution in [0.2, 0.25) is 0 Å². The molecular formula is C21H22BrN3. The molecule has 2 heterocycles. The van der Waals surface area contributed by atoms with Crippen LogP contribution in [-0.4, -0.2) is 36.1 Å². The highest BCUT2D eigenvalue weighted by molar-refractivity contribution is 9.10. The highest BCUT2D eigenvalue weighted by atomic mass is 79.9. The van der Waals surface area contributed by atoms with E-state index >= 15 is 0 Å². The zero-order valence-electron chi connectivity index (χ0n) is 14.2. The molecule has 1 aromatic heterocycles. The fraction of sp³-hybridized carbons (Fsp3) is 0.286. The first-order chi connectivity index (χ1) is 12.3. The Morgan fingerprint density at radius 3 is 2.80 bits per heavy atom. The lowest BCUT2D eigenvalue weighted by Gasteiger charge is -2.30. The molecule has 0 bridgehead atoms. The van der Waals surface area contributed by atoms with Crippen molar-refractivity contribution in [2.75, 3.05) is 26.2 Å². The molecule has 3 aromatic rings. The molecule has 0 radical (unpaired) electrons. The summed E-state index contributed by atoms with van der Waals surface area (Å²) >= 11 is 3.63. The second-order valence-corrected chi connectivity index (χ2v) is 7.44. The van der Waals surface area contributed by atoms with Crippen molar-refractivity contribution in [3.05, 3.63) is 76.4 Å². The standard InChI is InChI=1S/C21H22BrN3/c22-18-7-3-6-17(15-18)21(25-13-4-11-23-12-14-25)20-10-9-16-5-1-2-8-19(16)24-20/h1-3,5-10,15,21,23H,4,11-14H2. The fourth-order valence-corrected chi connectivity index (χ4v) is 4.02. The molecule has 3 nitrogen and oxygen atoms in total. The van der Waals surface area contributed by atoms with Gasteiger partial charge in [0.15, 0.2) is 0 Å². The van der Waals surface area contributed by atoms with Gasteiger partial charge in [0.25, 0.3) is 0 Å². The van der Waals surface area contributed by atoms with Gasteiger partial charge in [0.2, 0.25) is 0 Å². The Labute approximate surface area is 157 Å². The number of fused-ring (bicyclic) bond motifs is 1. The highest BCUT2D eigenvalue weighted by Gasteiger charge is 2.24. The summed E-state index contributed by atoms with van der Waals surface area (Å²) in [6.07, 6.45) is 1.16. The van der Waals surface area contributed by atoms with Gasteiger partial charge in [-0.05, 0) is 42.8 Å². The summed E-state index contributed by atoms with van der Waals surface area (Å²) in [6.45, 7) is 4.23. The minimum Gasteiger partial charge on any atom is -0.315 e. The Hall–Kier alpha value is -1.75. The van der Waals surface area contributed by atoms with Crippen molar-refractivity contribution in [1.82, 2.24) is 15.2 Å². The second-order valence-electron chi connectivity index (χ2n) is 6.53. The van der Waals surface area contributed by atoms with Crippen molar-refractivity contribution in [3.8, 4) is 0 Å². The van der Waals surface area contributed by atoms with E-state index in [1.54, 1.807) is 0 Å². The Morgan fingerprint density at radius 1 is 0.960 bits per heavy atom. The highest BCUT2D eigenvalue weighted by Crippen LogP contribution is 2.30. The zero-order chi connectivity index (χ0) is 17.1. The normalized spacial score (nSPS) is 17.3. The molecule has 1 N–H and O–H groups in total. The van der Waals surface area contributed by atoms with E-state index in [0.29, 0.717) is 0 Å². The van der Waals surface area contributed by atoms with E-state index in [4.69, 9.17) is 4.98 Å². The topological polar surface area (TPSA) is 28.2 Å². The lowest BCUT2D eigenvalue weighted by molar-refractivity contribution is 0.237. The van der Waals surface area contributed by atoms with Crippen LogP contribution in [0.5, 0.6) is 0 Å². The number of aromatic nitrogens is 1. The zero-order valence-corrected chi connectivity index (χ0v) is 15.7. The van der Waals surface area contributed by atoms with Crippen molar-refractivity contribution in [2.24, 2.45) is 0 Å². The van der Waals surface area contributed by atoms with Crippen molar-refractivity contribution >= 4 is 26.8 Å². The van der Waals surface area contributed by atoms with E-state index in [9.17, 15) is 0 Å². The first kappa shape index (κ1) is 16.7. The molecule has 1 atom stereocenters. The fourth-order valence-electron chi connectivity index (χ4n) is 3.60. The molecule has 25 heavy (non-hydrogen) atoms. The third-order valence-corrected chi connectivity index (χ3v) is 5.30. The van der Waals surface area contributed by atoms with Crippen molar-refractivity contribution in [2.45, 2.75) is 12.5 Å². The Bertz CT molecular complexity index is 856. The number of nitrogens with zero attached hydrogens (tertiary/aromatic N) is 2. The summed E-state index contributed by atoms with van der Waals surface area (Å²) < 4.78 is 1.11. The minimum atomic E-state index is 0.182. The van der Waals surface area contributed by atoms with Crippen LogP contribution in [0.15, 0.2) is 65.1 Å². The number of hydrogen-bond donors (Lipinski definition) is 1. The van der Waals surface area contributed by atoms with E-state index in [1.165, 1.54) is 10.9 Å². The summed E-state index contributed by atoms with van der Waals surface area (Å²) in [5.74, 6) is 0. The number of hydrogen-bond acceptors (Lipinski definition) is 3. The van der Waals surface area contributed by atoms with Gasteiger partial charge in [-0.25, -0.2) is 0 Å². The van der Waals surface area contributed by atoms with E-state index < -0.39 is 0 Å². The van der Waals surface area contributed by atoms with Crippen LogP contribution in [0.1, 0.15) is 23.7 Å². The van der Waals surface area contributed by atoms with Crippen LogP contribution in [0.3, 0.4) is 0 Å². The predicted octanol–water partition coefficient (Wildman–Crippen LogP) is 4.38. The summed E-state index contributed by atoms with van der Waals surface area (Å²) in [4.78, 5) is 7.56. The quantitative estimate of drug-likeness (QED) is 0.712. The first-order valence-corrected chi connectivity index (χ1v) is 9.66. The van der Waals surface area contributed by atoms with Gasteiger partial charge in [0.05, 0.1) is 17.3 Å². The van der Waals surface area contributed by atoms with Crippen molar-refractivity contribution < 1.29 is 0 Å². The maximum atomic E-state index is 5.01. The van der Waals surface area contributed by atoms with E-state index in [2.05, 4.69) is 86.8 Å². The molecule has 0 amide bonds. The van der Waals surface area contributed by atoms with Crippen LogP contribution in [0.25, 0.3) is 10.9 Å². The van der Waals surface area contributed by atoms with Gasteiger partial charge >= 0.3 is 0 Å². The van der Waals surface area contributed by atoms with Crippen LogP contribution in [0.4, 0.5) is 0 Å². The number of benzene rings is 2. The largest absolute Gasteiger partial charge is 0.315 e. The molecule has 4 heteroatoms. The summed E-state index contributed by atoms with van der Waals surface area (Å²) in [5.41, 5.74) is 3.48. The predicted molar refractivity (Wildman–Crippen MR) is 107 cm³/mol. The molecule has 2 aromatic carbocycles. The van der Waals surface area contributed by atoms with Crippen LogP contribution >= 0.6 is 15.9 Å². The third kappa shape index (κ3) is 3.76. The SMILES string of the molecule is Brc1cccc(C(c2ccc3ccccc3n2)N2CCCNCC2)c1. The van der Waals surface area contributed by atoms with Crippen molar-refractivity contribution in [1.29, 1.82) is 0 Å². The molecule has 1 aliphatic heterocycles. The van der Waals surface area contributed by atoms with Gasteiger partial charge in [-0.3, -0.25) is 9.88 Å². The summed E-state index contributed by atoms with van der Waals surface area (Å²) in [5, 5.41) is 4.70.